The van der Waals surface area contributed by atoms with E-state index in [-0.39, 0.29) is 12.0 Å². The number of nitrogens with one attached hydrogen (secondary N) is 1. The molecule has 0 fully saturated rings. The number of halogens is 6. The van der Waals surface area contributed by atoms with E-state index in [9.17, 15) is 26.5 Å². The maximum Gasteiger partial charge on any atom is 0.371 e. The first kappa shape index (κ1) is 14.1. The standard InChI is InChI=1S/C5H3F6N3O2S/c6-1-4(7,8)5(9,10)2-12-3(14-13-2)17-16-15-11/h1H2,(H,12,13,14). The second-order valence-electron chi connectivity index (χ2n) is 2.61. The zero-order chi connectivity index (χ0) is 13.1. The quantitative estimate of drug-likeness (QED) is 0.376. The first-order chi connectivity index (χ1) is 7.85. The zero-order valence-electron chi connectivity index (χ0n) is 7.59. The van der Waals surface area contributed by atoms with Gasteiger partial charge in [0.05, 0.1) is 0 Å². The van der Waals surface area contributed by atoms with Gasteiger partial charge in [0.25, 0.3) is 0 Å². The lowest BCUT2D eigenvalue weighted by molar-refractivity contribution is -0.359. The molecule has 0 aromatic carbocycles. The van der Waals surface area contributed by atoms with Crippen LogP contribution in [-0.2, 0) is 15.3 Å². The molecular weight excluding hydrogens is 280 g/mol. The van der Waals surface area contributed by atoms with E-state index < -0.39 is 29.5 Å². The highest BCUT2D eigenvalue weighted by atomic mass is 32.2. The Labute approximate surface area is 93.5 Å². The highest BCUT2D eigenvalue weighted by molar-refractivity contribution is 7.94. The number of aromatic amines is 1. The van der Waals surface area contributed by atoms with Crippen LogP contribution < -0.4 is 0 Å². The summed E-state index contributed by atoms with van der Waals surface area (Å²) in [5.41, 5.74) is 0. The molecule has 0 aliphatic heterocycles. The third kappa shape index (κ3) is 2.81. The first-order valence-corrected chi connectivity index (χ1v) is 4.46. The molecule has 0 bridgehead atoms. The SMILES string of the molecule is FCC(F)(F)C(F)(F)c1nnc(SOOF)[nH]1. The third-order valence-corrected chi connectivity index (χ3v) is 1.99. The Morgan fingerprint density at radius 2 is 1.88 bits per heavy atom. The molecule has 17 heavy (non-hydrogen) atoms. The molecule has 0 aliphatic rings. The van der Waals surface area contributed by atoms with Crippen molar-refractivity contribution in [1.29, 1.82) is 0 Å². The Kier molecular flexibility index (Phi) is 4.21. The predicted octanol–water partition coefficient (Wildman–Crippen LogP) is 2.34. The van der Waals surface area contributed by atoms with Gasteiger partial charge in [-0.25, -0.2) is 4.39 Å². The Morgan fingerprint density at radius 1 is 1.24 bits per heavy atom. The average molecular weight is 283 g/mol. The van der Waals surface area contributed by atoms with Gasteiger partial charge in [-0.3, -0.25) is 0 Å². The van der Waals surface area contributed by atoms with E-state index in [2.05, 4.69) is 19.6 Å². The number of rotatable bonds is 6. The fourth-order valence-electron chi connectivity index (χ4n) is 0.728. The third-order valence-electron chi connectivity index (χ3n) is 1.53. The fourth-order valence-corrected chi connectivity index (χ4v) is 1.03. The lowest BCUT2D eigenvalue weighted by atomic mass is 10.2. The minimum Gasteiger partial charge on any atom is -0.313 e. The summed E-state index contributed by atoms with van der Waals surface area (Å²) in [4.78, 5) is 1.60. The second-order valence-corrected chi connectivity index (χ2v) is 3.30. The Morgan fingerprint density at radius 3 is 2.41 bits per heavy atom. The summed E-state index contributed by atoms with van der Waals surface area (Å²) in [6.45, 7) is -2.58. The van der Waals surface area contributed by atoms with Crippen LogP contribution in [0.15, 0.2) is 5.16 Å². The molecule has 1 heterocycles. The molecule has 0 atom stereocenters. The Hall–Kier alpha value is -1.01. The second kappa shape index (κ2) is 5.10. The van der Waals surface area contributed by atoms with E-state index in [1.165, 1.54) is 0 Å². The molecule has 0 amide bonds. The predicted molar refractivity (Wildman–Crippen MR) is 40.3 cm³/mol. The molecule has 0 aliphatic carbocycles. The molecular formula is C5H3F6N3O2S. The van der Waals surface area contributed by atoms with E-state index in [1.54, 1.807) is 4.98 Å². The number of alkyl halides is 5. The summed E-state index contributed by atoms with van der Waals surface area (Å²) in [5, 5.41) is 7.62. The number of nitrogens with zero attached hydrogens (tertiary/aromatic N) is 2. The normalized spacial score (nSPS) is 13.1. The van der Waals surface area contributed by atoms with Crippen LogP contribution in [0.3, 0.4) is 0 Å². The smallest absolute Gasteiger partial charge is 0.313 e. The van der Waals surface area contributed by atoms with E-state index >= 15 is 0 Å². The number of H-pyrrole nitrogens is 1. The molecule has 1 N–H and O–H groups in total. The summed E-state index contributed by atoms with van der Waals surface area (Å²) >= 11 is -0.0228. The minimum atomic E-state index is -4.94. The van der Waals surface area contributed by atoms with Crippen molar-refractivity contribution in [1.82, 2.24) is 15.2 Å². The zero-order valence-corrected chi connectivity index (χ0v) is 8.41. The van der Waals surface area contributed by atoms with Gasteiger partial charge in [0.2, 0.25) is 11.0 Å². The van der Waals surface area contributed by atoms with E-state index in [0.717, 1.165) is 0 Å². The molecule has 0 unspecified atom stereocenters. The molecule has 5 nitrogen and oxygen atoms in total. The summed E-state index contributed by atoms with van der Waals surface area (Å²) < 4.78 is 77.4. The van der Waals surface area contributed by atoms with Crippen molar-refractivity contribution in [3.63, 3.8) is 0 Å². The fraction of sp³-hybridized carbons (Fsp3) is 0.600. The Balaban J connectivity index is 2.88. The lowest BCUT2D eigenvalue weighted by Crippen LogP contribution is -2.40. The summed E-state index contributed by atoms with van der Waals surface area (Å²) in [7, 11) is 0. The van der Waals surface area contributed by atoms with Gasteiger partial charge in [0, 0.05) is 0 Å². The Bertz CT molecular complexity index is 374. The van der Waals surface area contributed by atoms with E-state index in [0.29, 0.717) is 0 Å². The maximum atomic E-state index is 13.0. The molecule has 0 radical (unpaired) electrons. The van der Waals surface area contributed by atoms with Crippen LogP contribution in [0.1, 0.15) is 5.82 Å². The number of aromatic nitrogens is 3. The summed E-state index contributed by atoms with van der Waals surface area (Å²) in [6.07, 6.45) is 0. The van der Waals surface area contributed by atoms with Crippen LogP contribution in [0.4, 0.5) is 26.5 Å². The van der Waals surface area contributed by atoms with Gasteiger partial charge in [-0.1, -0.05) is 0 Å². The van der Waals surface area contributed by atoms with E-state index in [4.69, 9.17) is 0 Å². The molecule has 1 aromatic rings. The minimum absolute atomic E-state index is 0.0228. The molecule has 1 aromatic heterocycles. The monoisotopic (exact) mass is 283 g/mol. The van der Waals surface area contributed by atoms with Gasteiger partial charge in [-0.15, -0.1) is 14.5 Å². The van der Waals surface area contributed by atoms with Crippen LogP contribution in [0, 0.1) is 0 Å². The van der Waals surface area contributed by atoms with Crippen LogP contribution in [0.5, 0.6) is 0 Å². The average Bonchev–Trinajstić information content (AvgIpc) is 2.75. The van der Waals surface area contributed by atoms with Crippen molar-refractivity contribution in [3.8, 4) is 0 Å². The van der Waals surface area contributed by atoms with Crippen LogP contribution in [-0.4, -0.2) is 27.8 Å². The van der Waals surface area contributed by atoms with E-state index in [1.807, 2.05) is 0 Å². The highest BCUT2D eigenvalue weighted by Gasteiger charge is 2.60. The van der Waals surface area contributed by atoms with Crippen LogP contribution in [0.2, 0.25) is 0 Å². The molecule has 0 saturated heterocycles. The molecule has 1 rings (SSSR count). The maximum absolute atomic E-state index is 13.0. The van der Waals surface area contributed by atoms with Gasteiger partial charge in [0.15, 0.2) is 6.67 Å². The summed E-state index contributed by atoms with van der Waals surface area (Å²) in [6, 6.07) is 0. The topological polar surface area (TPSA) is 60.0 Å². The van der Waals surface area contributed by atoms with Crippen molar-refractivity contribution in [2.75, 3.05) is 6.67 Å². The first-order valence-electron chi connectivity index (χ1n) is 3.72. The van der Waals surface area contributed by atoms with Crippen LogP contribution >= 0.6 is 12.0 Å². The van der Waals surface area contributed by atoms with Crippen molar-refractivity contribution in [2.24, 2.45) is 0 Å². The van der Waals surface area contributed by atoms with Gasteiger partial charge >= 0.3 is 11.8 Å². The van der Waals surface area contributed by atoms with Crippen molar-refractivity contribution >= 4 is 12.0 Å². The van der Waals surface area contributed by atoms with Gasteiger partial charge in [-0.2, -0.15) is 17.6 Å². The number of hydrogen-bond donors (Lipinski definition) is 1. The van der Waals surface area contributed by atoms with Crippen molar-refractivity contribution in [3.05, 3.63) is 5.82 Å². The van der Waals surface area contributed by atoms with Crippen molar-refractivity contribution in [2.45, 2.75) is 17.0 Å². The van der Waals surface area contributed by atoms with Crippen molar-refractivity contribution < 1.29 is 35.9 Å². The number of hydrogen-bond acceptors (Lipinski definition) is 5. The lowest BCUT2D eigenvalue weighted by Gasteiger charge is -2.21. The van der Waals surface area contributed by atoms with Gasteiger partial charge < -0.3 is 4.98 Å². The molecule has 0 saturated carbocycles. The highest BCUT2D eigenvalue weighted by Crippen LogP contribution is 2.41. The largest absolute Gasteiger partial charge is 0.371 e. The van der Waals surface area contributed by atoms with Gasteiger partial charge in [0.1, 0.15) is 12.0 Å². The van der Waals surface area contributed by atoms with Gasteiger partial charge in [-0.05, 0) is 9.62 Å². The van der Waals surface area contributed by atoms with Crippen LogP contribution in [0.25, 0.3) is 0 Å². The molecule has 0 spiro atoms. The molecule has 98 valence electrons. The summed E-state index contributed by atoms with van der Waals surface area (Å²) in [5.74, 6) is -11.4. The molecule has 12 heteroatoms.